The monoisotopic (exact) mass is 147 g/mol. The van der Waals surface area contributed by atoms with Crippen LogP contribution in [0.2, 0.25) is 0 Å². The molecule has 11 heavy (non-hydrogen) atoms. The molecular weight excluding hydrogens is 134 g/mol. The molecule has 0 heterocycles. The Kier molecular flexibility index (Phi) is 1.46. The van der Waals surface area contributed by atoms with Crippen LogP contribution in [-0.4, -0.2) is 0 Å². The van der Waals surface area contributed by atoms with Crippen molar-refractivity contribution >= 4 is 0 Å². The molecule has 0 spiro atoms. The molecule has 0 aliphatic heterocycles. The first-order valence-electron chi connectivity index (χ1n) is 4.06. The smallest absolute Gasteiger partial charge is 0.0984 e. The van der Waals surface area contributed by atoms with Crippen LogP contribution in [0, 0.1) is 7.05 Å². The van der Waals surface area contributed by atoms with Crippen LogP contribution < -0.4 is 5.32 Å². The van der Waals surface area contributed by atoms with Gasteiger partial charge in [-0.05, 0) is 0 Å². The third-order valence-corrected chi connectivity index (χ3v) is 2.53. The second kappa shape index (κ2) is 2.35. The lowest BCUT2D eigenvalue weighted by atomic mass is 10.1. The SMILES string of the molecule is [CH2-][NH2+]C1(c2ccccc2)CC1. The number of nitrogens with two attached hydrogens (primary N) is 1. The van der Waals surface area contributed by atoms with Gasteiger partial charge < -0.3 is 5.32 Å². The van der Waals surface area contributed by atoms with Crippen LogP contribution in [0.15, 0.2) is 30.3 Å². The minimum absolute atomic E-state index is 0.348. The van der Waals surface area contributed by atoms with Crippen molar-refractivity contribution in [2.45, 2.75) is 18.4 Å². The molecule has 1 aromatic carbocycles. The fourth-order valence-corrected chi connectivity index (χ4v) is 1.52. The van der Waals surface area contributed by atoms with E-state index in [1.54, 1.807) is 0 Å². The molecule has 0 radical (unpaired) electrons. The standard InChI is InChI=1S/C10H13N/c1-11-10(7-8-10)9-5-3-2-4-6-9/h2-6H,1,7-8,11H2. The van der Waals surface area contributed by atoms with Crippen molar-refractivity contribution in [3.8, 4) is 0 Å². The van der Waals surface area contributed by atoms with Gasteiger partial charge in [-0.1, -0.05) is 30.3 Å². The van der Waals surface area contributed by atoms with Crippen molar-refractivity contribution in [1.29, 1.82) is 0 Å². The maximum Gasteiger partial charge on any atom is 0.0984 e. The highest BCUT2D eigenvalue weighted by Crippen LogP contribution is 2.40. The van der Waals surface area contributed by atoms with Gasteiger partial charge in [0.15, 0.2) is 0 Å². The Hall–Kier alpha value is -0.820. The first-order valence-corrected chi connectivity index (χ1v) is 4.06. The van der Waals surface area contributed by atoms with Gasteiger partial charge in [-0.3, -0.25) is 0 Å². The lowest BCUT2D eigenvalue weighted by Crippen LogP contribution is -2.84. The van der Waals surface area contributed by atoms with Crippen molar-refractivity contribution in [2.24, 2.45) is 0 Å². The third kappa shape index (κ3) is 1.05. The van der Waals surface area contributed by atoms with Gasteiger partial charge >= 0.3 is 0 Å². The molecule has 2 N–H and O–H groups in total. The topological polar surface area (TPSA) is 16.6 Å². The molecule has 0 atom stereocenters. The highest BCUT2D eigenvalue weighted by molar-refractivity contribution is 5.26. The minimum atomic E-state index is 0.348. The Morgan fingerprint density at radius 3 is 2.27 bits per heavy atom. The maximum atomic E-state index is 3.87. The van der Waals surface area contributed by atoms with Crippen molar-refractivity contribution in [1.82, 2.24) is 0 Å². The average molecular weight is 147 g/mol. The Balaban J connectivity index is 2.30. The Labute approximate surface area is 67.4 Å². The van der Waals surface area contributed by atoms with Crippen LogP contribution in [0.3, 0.4) is 0 Å². The Morgan fingerprint density at radius 1 is 1.18 bits per heavy atom. The van der Waals surface area contributed by atoms with Crippen molar-refractivity contribution in [3.63, 3.8) is 0 Å². The van der Waals surface area contributed by atoms with Crippen LogP contribution in [0.1, 0.15) is 18.4 Å². The Bertz CT molecular complexity index is 236. The predicted octanol–water partition coefficient (Wildman–Crippen LogP) is 1.03. The lowest BCUT2D eigenvalue weighted by Gasteiger charge is -2.14. The zero-order chi connectivity index (χ0) is 7.73. The summed E-state index contributed by atoms with van der Waals surface area (Å²) in [6, 6.07) is 10.6. The normalized spacial score (nSPS) is 19.7. The van der Waals surface area contributed by atoms with Crippen LogP contribution in [0.5, 0.6) is 0 Å². The van der Waals surface area contributed by atoms with E-state index in [1.807, 2.05) is 0 Å². The molecule has 1 aromatic rings. The zero-order valence-electron chi connectivity index (χ0n) is 6.59. The first kappa shape index (κ1) is 6.86. The largest absolute Gasteiger partial charge is 0.470 e. The fourth-order valence-electron chi connectivity index (χ4n) is 1.52. The molecule has 0 bridgehead atoms. The average Bonchev–Trinajstić information content (AvgIpc) is 2.86. The van der Waals surface area contributed by atoms with Crippen molar-refractivity contribution in [3.05, 3.63) is 42.9 Å². The van der Waals surface area contributed by atoms with E-state index in [4.69, 9.17) is 0 Å². The summed E-state index contributed by atoms with van der Waals surface area (Å²) in [6.07, 6.45) is 2.56. The molecule has 0 saturated heterocycles. The molecule has 1 nitrogen and oxygen atoms in total. The summed E-state index contributed by atoms with van der Waals surface area (Å²) in [6.45, 7) is 0. The van der Waals surface area contributed by atoms with Crippen LogP contribution >= 0.6 is 0 Å². The van der Waals surface area contributed by atoms with E-state index >= 15 is 0 Å². The molecule has 1 fully saturated rings. The van der Waals surface area contributed by atoms with Gasteiger partial charge in [0.2, 0.25) is 0 Å². The van der Waals surface area contributed by atoms with Gasteiger partial charge in [0.25, 0.3) is 0 Å². The molecular formula is C10H13N. The summed E-state index contributed by atoms with van der Waals surface area (Å²) in [5, 5.41) is 2.09. The molecule has 2 rings (SSSR count). The summed E-state index contributed by atoms with van der Waals surface area (Å²) >= 11 is 0. The van der Waals surface area contributed by atoms with Gasteiger partial charge in [-0.15, -0.1) is 0 Å². The highest BCUT2D eigenvalue weighted by atomic mass is 15.0. The van der Waals surface area contributed by atoms with Gasteiger partial charge in [0, 0.05) is 18.4 Å². The molecule has 1 aliphatic rings. The second-order valence-electron chi connectivity index (χ2n) is 3.23. The predicted molar refractivity (Wildman–Crippen MR) is 44.6 cm³/mol. The van der Waals surface area contributed by atoms with Crippen molar-refractivity contribution < 1.29 is 5.32 Å². The number of benzene rings is 1. The fraction of sp³-hybridized carbons (Fsp3) is 0.300. The number of hydrogen-bond donors (Lipinski definition) is 1. The van der Waals surface area contributed by atoms with E-state index in [9.17, 15) is 0 Å². The molecule has 0 unspecified atom stereocenters. The van der Waals surface area contributed by atoms with E-state index < -0.39 is 0 Å². The molecule has 58 valence electrons. The van der Waals surface area contributed by atoms with Gasteiger partial charge in [-0.25, -0.2) is 0 Å². The van der Waals surface area contributed by atoms with Gasteiger partial charge in [0.1, 0.15) is 0 Å². The summed E-state index contributed by atoms with van der Waals surface area (Å²) < 4.78 is 0. The van der Waals surface area contributed by atoms with E-state index in [1.165, 1.54) is 18.4 Å². The number of hydrogen-bond acceptors (Lipinski definition) is 0. The minimum Gasteiger partial charge on any atom is -0.470 e. The maximum absolute atomic E-state index is 3.87. The van der Waals surface area contributed by atoms with Crippen LogP contribution in [0.4, 0.5) is 0 Å². The first-order chi connectivity index (χ1) is 5.37. The molecule has 1 heteroatoms. The van der Waals surface area contributed by atoms with E-state index in [0.29, 0.717) is 5.54 Å². The third-order valence-electron chi connectivity index (χ3n) is 2.53. The number of quaternary nitrogens is 1. The summed E-state index contributed by atoms with van der Waals surface area (Å²) in [4.78, 5) is 0. The quantitative estimate of drug-likeness (QED) is 0.602. The summed E-state index contributed by atoms with van der Waals surface area (Å²) in [7, 11) is 3.87. The lowest BCUT2D eigenvalue weighted by molar-refractivity contribution is -0.657. The molecule has 1 aliphatic carbocycles. The van der Waals surface area contributed by atoms with Gasteiger partial charge in [-0.2, -0.15) is 7.05 Å². The summed E-state index contributed by atoms with van der Waals surface area (Å²) in [5.41, 5.74) is 1.77. The molecule has 1 saturated carbocycles. The van der Waals surface area contributed by atoms with E-state index in [-0.39, 0.29) is 0 Å². The number of rotatable bonds is 2. The highest BCUT2D eigenvalue weighted by Gasteiger charge is 2.45. The van der Waals surface area contributed by atoms with E-state index in [2.05, 4.69) is 42.7 Å². The molecule has 0 aromatic heterocycles. The molecule has 0 amide bonds. The summed E-state index contributed by atoms with van der Waals surface area (Å²) in [5.74, 6) is 0. The second-order valence-corrected chi connectivity index (χ2v) is 3.23. The van der Waals surface area contributed by atoms with Crippen LogP contribution in [0.25, 0.3) is 0 Å². The van der Waals surface area contributed by atoms with Crippen molar-refractivity contribution in [2.75, 3.05) is 0 Å². The van der Waals surface area contributed by atoms with E-state index in [0.717, 1.165) is 0 Å². The van der Waals surface area contributed by atoms with Gasteiger partial charge in [0.05, 0.1) is 5.54 Å². The van der Waals surface area contributed by atoms with Crippen LogP contribution in [-0.2, 0) is 5.54 Å². The Morgan fingerprint density at radius 2 is 1.82 bits per heavy atom. The zero-order valence-corrected chi connectivity index (χ0v) is 6.59.